The highest BCUT2D eigenvalue weighted by Crippen LogP contribution is 2.22. The van der Waals surface area contributed by atoms with Crippen LogP contribution in [-0.4, -0.2) is 31.4 Å². The number of aromatic nitrogens is 4. The van der Waals surface area contributed by atoms with Gasteiger partial charge in [-0.3, -0.25) is 4.79 Å². The lowest BCUT2D eigenvalue weighted by atomic mass is 10.1. The summed E-state index contributed by atoms with van der Waals surface area (Å²) in [5.41, 5.74) is 2.06. The minimum absolute atomic E-state index is 0.0571. The Labute approximate surface area is 141 Å². The average Bonchev–Trinajstić information content (AvgIpc) is 2.94. The van der Waals surface area contributed by atoms with Gasteiger partial charge in [0.25, 0.3) is 0 Å². The summed E-state index contributed by atoms with van der Waals surface area (Å²) >= 11 is 1.37. The zero-order chi connectivity index (χ0) is 16.8. The van der Waals surface area contributed by atoms with Crippen LogP contribution in [0.15, 0.2) is 29.4 Å². The standard InChI is InChI=1S/C16H23N5OS/c1-5-13-6-8-14(9-7-13)17-15(22)12(4)23-16-18-19-20-21(16)10-11(2)3/h6-9,11-12H,5,10H2,1-4H3,(H,17,22). The second-order valence-corrected chi connectivity index (χ2v) is 7.15. The van der Waals surface area contributed by atoms with Gasteiger partial charge in [-0.05, 0) is 47.4 Å². The Hall–Kier alpha value is -1.89. The van der Waals surface area contributed by atoms with Crippen molar-refractivity contribution in [1.82, 2.24) is 20.2 Å². The highest BCUT2D eigenvalue weighted by molar-refractivity contribution is 8.00. The lowest BCUT2D eigenvalue weighted by molar-refractivity contribution is -0.115. The number of thioether (sulfide) groups is 1. The van der Waals surface area contributed by atoms with Crippen molar-refractivity contribution in [3.8, 4) is 0 Å². The van der Waals surface area contributed by atoms with E-state index in [9.17, 15) is 4.79 Å². The van der Waals surface area contributed by atoms with Crippen LogP contribution in [0.3, 0.4) is 0 Å². The molecule has 0 aliphatic carbocycles. The number of aryl methyl sites for hydroxylation is 1. The molecule has 124 valence electrons. The number of benzene rings is 1. The lowest BCUT2D eigenvalue weighted by Gasteiger charge is -2.12. The van der Waals surface area contributed by atoms with E-state index in [1.165, 1.54) is 17.3 Å². The summed E-state index contributed by atoms with van der Waals surface area (Å²) in [5, 5.41) is 15.0. The first-order valence-corrected chi connectivity index (χ1v) is 8.70. The fourth-order valence-corrected chi connectivity index (χ4v) is 2.82. The summed E-state index contributed by atoms with van der Waals surface area (Å²) < 4.78 is 1.75. The Morgan fingerprint density at radius 3 is 2.57 bits per heavy atom. The maximum absolute atomic E-state index is 12.3. The van der Waals surface area contributed by atoms with Crippen LogP contribution >= 0.6 is 11.8 Å². The molecule has 1 heterocycles. The van der Waals surface area contributed by atoms with Crippen molar-refractivity contribution in [2.24, 2.45) is 5.92 Å². The Bertz CT molecular complexity index is 638. The minimum Gasteiger partial charge on any atom is -0.325 e. The molecule has 7 heteroatoms. The molecule has 0 radical (unpaired) electrons. The van der Waals surface area contributed by atoms with Gasteiger partial charge >= 0.3 is 0 Å². The summed E-state index contributed by atoms with van der Waals surface area (Å²) in [5.74, 6) is 0.386. The minimum atomic E-state index is -0.280. The molecular weight excluding hydrogens is 310 g/mol. The molecule has 1 unspecified atom stereocenters. The lowest BCUT2D eigenvalue weighted by Crippen LogP contribution is -2.23. The number of nitrogens with zero attached hydrogens (tertiary/aromatic N) is 4. The molecule has 0 spiro atoms. The van der Waals surface area contributed by atoms with Crippen molar-refractivity contribution in [3.05, 3.63) is 29.8 Å². The molecule has 1 aromatic heterocycles. The number of hydrogen-bond acceptors (Lipinski definition) is 5. The monoisotopic (exact) mass is 333 g/mol. The maximum Gasteiger partial charge on any atom is 0.237 e. The third-order valence-electron chi connectivity index (χ3n) is 3.32. The first kappa shape index (κ1) is 17.5. The number of hydrogen-bond donors (Lipinski definition) is 1. The van der Waals surface area contributed by atoms with Crippen molar-refractivity contribution in [2.75, 3.05) is 5.32 Å². The zero-order valence-electron chi connectivity index (χ0n) is 14.0. The van der Waals surface area contributed by atoms with Gasteiger partial charge in [0, 0.05) is 12.2 Å². The van der Waals surface area contributed by atoms with Gasteiger partial charge in [0.2, 0.25) is 11.1 Å². The van der Waals surface area contributed by atoms with Crippen LogP contribution in [0.25, 0.3) is 0 Å². The number of anilines is 1. The van der Waals surface area contributed by atoms with Crippen LogP contribution < -0.4 is 5.32 Å². The topological polar surface area (TPSA) is 72.7 Å². The molecule has 23 heavy (non-hydrogen) atoms. The Kier molecular flexibility index (Phi) is 6.15. The van der Waals surface area contributed by atoms with Crippen molar-refractivity contribution < 1.29 is 4.79 Å². The predicted octanol–water partition coefficient (Wildman–Crippen LogP) is 3.01. The van der Waals surface area contributed by atoms with Crippen LogP contribution in [0.5, 0.6) is 0 Å². The molecule has 0 bridgehead atoms. The van der Waals surface area contributed by atoms with Crippen LogP contribution in [0.1, 0.15) is 33.3 Å². The molecule has 1 amide bonds. The molecule has 2 rings (SSSR count). The normalized spacial score (nSPS) is 12.4. The molecule has 1 aromatic carbocycles. The second-order valence-electron chi connectivity index (χ2n) is 5.84. The van der Waals surface area contributed by atoms with Gasteiger partial charge < -0.3 is 5.32 Å². The van der Waals surface area contributed by atoms with E-state index in [0.717, 1.165) is 18.7 Å². The van der Waals surface area contributed by atoms with Crippen molar-refractivity contribution in [1.29, 1.82) is 0 Å². The van der Waals surface area contributed by atoms with Gasteiger partial charge in [-0.2, -0.15) is 0 Å². The number of carbonyl (C=O) groups excluding carboxylic acids is 1. The first-order valence-electron chi connectivity index (χ1n) is 7.82. The second kappa shape index (κ2) is 8.10. The van der Waals surface area contributed by atoms with Gasteiger partial charge in [-0.15, -0.1) is 5.10 Å². The molecular formula is C16H23N5OS. The average molecular weight is 333 g/mol. The fourth-order valence-electron chi connectivity index (χ4n) is 2.02. The van der Waals surface area contributed by atoms with Crippen molar-refractivity contribution in [2.45, 2.75) is 51.1 Å². The molecule has 0 fully saturated rings. The highest BCUT2D eigenvalue weighted by atomic mass is 32.2. The summed E-state index contributed by atoms with van der Waals surface area (Å²) in [6.45, 7) is 8.91. The molecule has 0 aliphatic heterocycles. The molecule has 0 saturated carbocycles. The van der Waals surface area contributed by atoms with Crippen LogP contribution in [0.4, 0.5) is 5.69 Å². The summed E-state index contributed by atoms with van der Waals surface area (Å²) in [6, 6.07) is 7.90. The quantitative estimate of drug-likeness (QED) is 0.789. The zero-order valence-corrected chi connectivity index (χ0v) is 14.8. The maximum atomic E-state index is 12.3. The van der Waals surface area contributed by atoms with E-state index in [4.69, 9.17) is 0 Å². The molecule has 6 nitrogen and oxygen atoms in total. The fraction of sp³-hybridized carbons (Fsp3) is 0.500. The summed E-state index contributed by atoms with van der Waals surface area (Å²) in [4.78, 5) is 12.3. The molecule has 1 N–H and O–H groups in total. The Morgan fingerprint density at radius 1 is 1.26 bits per heavy atom. The van der Waals surface area contributed by atoms with E-state index in [1.54, 1.807) is 4.68 Å². The molecule has 0 aliphatic rings. The largest absolute Gasteiger partial charge is 0.325 e. The molecule has 0 saturated heterocycles. The van der Waals surface area contributed by atoms with E-state index in [-0.39, 0.29) is 11.2 Å². The Morgan fingerprint density at radius 2 is 1.96 bits per heavy atom. The van der Waals surface area contributed by atoms with Gasteiger partial charge in [0.1, 0.15) is 0 Å². The number of amides is 1. The number of carbonyl (C=O) groups is 1. The Balaban J connectivity index is 1.95. The third-order valence-corrected chi connectivity index (χ3v) is 4.39. The smallest absolute Gasteiger partial charge is 0.237 e. The van der Waals surface area contributed by atoms with Crippen LogP contribution in [0.2, 0.25) is 0 Å². The van der Waals surface area contributed by atoms with Crippen LogP contribution in [0, 0.1) is 5.92 Å². The van der Waals surface area contributed by atoms with Gasteiger partial charge in [-0.25, -0.2) is 4.68 Å². The number of tetrazole rings is 1. The number of nitrogens with one attached hydrogen (secondary N) is 1. The third kappa shape index (κ3) is 5.06. The van der Waals surface area contributed by atoms with E-state index in [0.29, 0.717) is 11.1 Å². The summed E-state index contributed by atoms with van der Waals surface area (Å²) in [7, 11) is 0. The van der Waals surface area contributed by atoms with Gasteiger partial charge in [-0.1, -0.05) is 44.7 Å². The van der Waals surface area contributed by atoms with Crippen molar-refractivity contribution in [3.63, 3.8) is 0 Å². The SMILES string of the molecule is CCc1ccc(NC(=O)C(C)Sc2nnnn2CC(C)C)cc1. The molecule has 1 atom stereocenters. The molecule has 2 aromatic rings. The first-order chi connectivity index (χ1) is 11.0. The van der Waals surface area contributed by atoms with E-state index < -0.39 is 0 Å². The predicted molar refractivity (Wildman–Crippen MR) is 92.4 cm³/mol. The van der Waals surface area contributed by atoms with Crippen LogP contribution in [-0.2, 0) is 17.8 Å². The van der Waals surface area contributed by atoms with Gasteiger partial charge in [0.15, 0.2) is 0 Å². The van der Waals surface area contributed by atoms with Gasteiger partial charge in [0.05, 0.1) is 5.25 Å². The number of rotatable bonds is 7. The van der Waals surface area contributed by atoms with Crippen molar-refractivity contribution >= 4 is 23.4 Å². The summed E-state index contributed by atoms with van der Waals surface area (Å²) in [6.07, 6.45) is 0.985. The van der Waals surface area contributed by atoms with E-state index >= 15 is 0 Å². The van der Waals surface area contributed by atoms with E-state index in [1.807, 2.05) is 31.2 Å². The highest BCUT2D eigenvalue weighted by Gasteiger charge is 2.19. The van der Waals surface area contributed by atoms with E-state index in [2.05, 4.69) is 41.6 Å².